The summed E-state index contributed by atoms with van der Waals surface area (Å²) < 4.78 is 5.76. The van der Waals surface area contributed by atoms with Gasteiger partial charge in [-0.25, -0.2) is 5.01 Å². The fourth-order valence-corrected chi connectivity index (χ4v) is 2.19. The molecule has 1 aliphatic heterocycles. The molecule has 0 atom stereocenters. The topological polar surface area (TPSA) is 50.5 Å². The van der Waals surface area contributed by atoms with E-state index in [9.17, 15) is 0 Å². The lowest BCUT2D eigenvalue weighted by Crippen LogP contribution is -2.30. The molecule has 0 aromatic heterocycles. The van der Waals surface area contributed by atoms with Gasteiger partial charge in [0.2, 0.25) is 0 Å². The van der Waals surface area contributed by atoms with Gasteiger partial charge in [-0.05, 0) is 28.7 Å². The normalized spacial score (nSPS) is 15.6. The van der Waals surface area contributed by atoms with Crippen LogP contribution in [0.1, 0.15) is 31.9 Å². The highest BCUT2D eigenvalue weighted by atomic mass is 16.5. The van der Waals surface area contributed by atoms with Crippen LogP contribution in [0.25, 0.3) is 0 Å². The third kappa shape index (κ3) is 4.49. The molecule has 0 saturated carbocycles. The van der Waals surface area contributed by atoms with Crippen molar-refractivity contribution in [3.05, 3.63) is 29.3 Å². The predicted molar refractivity (Wildman–Crippen MR) is 77.7 cm³/mol. The molecule has 1 aromatic rings. The molecule has 19 heavy (non-hydrogen) atoms. The van der Waals surface area contributed by atoms with Crippen molar-refractivity contribution in [1.82, 2.24) is 10.3 Å². The second-order valence-corrected chi connectivity index (χ2v) is 6.42. The van der Waals surface area contributed by atoms with E-state index in [1.54, 1.807) is 0 Å². The molecule has 0 saturated heterocycles. The van der Waals surface area contributed by atoms with Crippen LogP contribution in [0.4, 0.5) is 0 Å². The van der Waals surface area contributed by atoms with Crippen LogP contribution >= 0.6 is 0 Å². The van der Waals surface area contributed by atoms with Crippen LogP contribution in [0.15, 0.2) is 18.2 Å². The summed E-state index contributed by atoms with van der Waals surface area (Å²) in [7, 11) is 0. The Balaban J connectivity index is 1.74. The van der Waals surface area contributed by atoms with Gasteiger partial charge in [0.1, 0.15) is 12.4 Å². The summed E-state index contributed by atoms with van der Waals surface area (Å²) in [5.74, 6) is 6.73. The molecule has 4 nitrogen and oxygen atoms in total. The molecule has 0 aliphatic carbocycles. The van der Waals surface area contributed by atoms with E-state index >= 15 is 0 Å². The number of hydrogen-bond donors (Lipinski definition) is 2. The molecule has 1 aliphatic rings. The monoisotopic (exact) mass is 263 g/mol. The number of nitrogens with two attached hydrogens (primary N) is 1. The lowest BCUT2D eigenvalue weighted by atomic mass is 9.97. The van der Waals surface area contributed by atoms with Crippen LogP contribution in [-0.2, 0) is 13.1 Å². The lowest BCUT2D eigenvalue weighted by Gasteiger charge is -2.18. The van der Waals surface area contributed by atoms with Gasteiger partial charge in [-0.2, -0.15) is 0 Å². The molecule has 0 amide bonds. The maximum atomic E-state index is 5.80. The minimum absolute atomic E-state index is 0.318. The van der Waals surface area contributed by atoms with E-state index in [0.29, 0.717) is 12.0 Å². The highest BCUT2D eigenvalue weighted by Crippen LogP contribution is 2.24. The molecule has 3 N–H and O–H groups in total. The van der Waals surface area contributed by atoms with Crippen LogP contribution in [0.2, 0.25) is 0 Å². The minimum atomic E-state index is 0.318. The van der Waals surface area contributed by atoms with E-state index in [-0.39, 0.29) is 0 Å². The standard InChI is InChI=1S/C15H25N3O/c1-15(2,3)11-17-6-7-19-14-5-4-12-9-18(16)10-13(12)8-14/h4-5,8,17H,6-7,9-11,16H2,1-3H3. The largest absolute Gasteiger partial charge is 0.492 e. The highest BCUT2D eigenvalue weighted by molar-refractivity contribution is 5.37. The number of hydrazine groups is 1. The fourth-order valence-electron chi connectivity index (χ4n) is 2.19. The van der Waals surface area contributed by atoms with Crippen molar-refractivity contribution in [2.75, 3.05) is 19.7 Å². The van der Waals surface area contributed by atoms with Gasteiger partial charge in [-0.1, -0.05) is 26.8 Å². The summed E-state index contributed by atoms with van der Waals surface area (Å²) in [6.07, 6.45) is 0. The van der Waals surface area contributed by atoms with Gasteiger partial charge in [0.05, 0.1) is 0 Å². The third-order valence-corrected chi connectivity index (χ3v) is 3.13. The number of nitrogens with zero attached hydrogens (tertiary/aromatic N) is 1. The third-order valence-electron chi connectivity index (χ3n) is 3.13. The zero-order valence-corrected chi connectivity index (χ0v) is 12.2. The van der Waals surface area contributed by atoms with Crippen molar-refractivity contribution in [1.29, 1.82) is 0 Å². The summed E-state index contributed by atoms with van der Waals surface area (Å²) in [5.41, 5.74) is 2.90. The smallest absolute Gasteiger partial charge is 0.119 e. The number of ether oxygens (including phenoxy) is 1. The quantitative estimate of drug-likeness (QED) is 0.629. The summed E-state index contributed by atoms with van der Waals surface area (Å²) in [4.78, 5) is 0. The Kier molecular flexibility index (Phi) is 4.45. The highest BCUT2D eigenvalue weighted by Gasteiger charge is 2.16. The van der Waals surface area contributed by atoms with Crippen molar-refractivity contribution in [3.8, 4) is 5.75 Å². The molecular weight excluding hydrogens is 238 g/mol. The van der Waals surface area contributed by atoms with Gasteiger partial charge < -0.3 is 10.1 Å². The Labute approximate surface area is 115 Å². The van der Waals surface area contributed by atoms with Gasteiger partial charge in [0, 0.05) is 26.2 Å². The summed E-state index contributed by atoms with van der Waals surface area (Å²) >= 11 is 0. The van der Waals surface area contributed by atoms with Crippen LogP contribution < -0.4 is 15.9 Å². The van der Waals surface area contributed by atoms with E-state index in [1.807, 2.05) is 11.1 Å². The lowest BCUT2D eigenvalue weighted by molar-refractivity contribution is 0.293. The van der Waals surface area contributed by atoms with Crippen LogP contribution in [0.5, 0.6) is 5.75 Å². The molecule has 0 unspecified atom stereocenters. The molecular formula is C15H25N3O. The van der Waals surface area contributed by atoms with Gasteiger partial charge in [0.15, 0.2) is 0 Å². The zero-order valence-electron chi connectivity index (χ0n) is 12.2. The summed E-state index contributed by atoms with van der Waals surface area (Å²) in [5, 5.41) is 5.22. The van der Waals surface area contributed by atoms with Gasteiger partial charge in [0.25, 0.3) is 0 Å². The Hall–Kier alpha value is -1.10. The molecule has 4 heteroatoms. The van der Waals surface area contributed by atoms with Crippen molar-refractivity contribution in [2.24, 2.45) is 11.3 Å². The first-order chi connectivity index (χ1) is 8.94. The molecule has 0 fully saturated rings. The second kappa shape index (κ2) is 5.90. The van der Waals surface area contributed by atoms with Crippen molar-refractivity contribution < 1.29 is 4.74 Å². The van der Waals surface area contributed by atoms with Crippen molar-refractivity contribution in [3.63, 3.8) is 0 Å². The minimum Gasteiger partial charge on any atom is -0.492 e. The van der Waals surface area contributed by atoms with E-state index in [1.165, 1.54) is 11.1 Å². The molecule has 1 aromatic carbocycles. The Morgan fingerprint density at radius 1 is 1.26 bits per heavy atom. The number of benzene rings is 1. The number of hydrogen-bond acceptors (Lipinski definition) is 4. The average molecular weight is 263 g/mol. The maximum absolute atomic E-state index is 5.80. The van der Waals surface area contributed by atoms with Gasteiger partial charge in [-0.15, -0.1) is 0 Å². The Morgan fingerprint density at radius 2 is 2.00 bits per heavy atom. The number of nitrogens with one attached hydrogen (secondary N) is 1. The molecule has 0 bridgehead atoms. The first-order valence-electron chi connectivity index (χ1n) is 6.89. The van der Waals surface area contributed by atoms with Crippen LogP contribution in [0.3, 0.4) is 0 Å². The van der Waals surface area contributed by atoms with Gasteiger partial charge >= 0.3 is 0 Å². The Morgan fingerprint density at radius 3 is 2.74 bits per heavy atom. The summed E-state index contributed by atoms with van der Waals surface area (Å²) in [6.45, 7) is 10.9. The van der Waals surface area contributed by atoms with Gasteiger partial charge in [-0.3, -0.25) is 5.84 Å². The molecule has 1 heterocycles. The first kappa shape index (κ1) is 14.3. The van der Waals surface area contributed by atoms with Crippen molar-refractivity contribution in [2.45, 2.75) is 33.9 Å². The molecule has 2 rings (SSSR count). The van der Waals surface area contributed by atoms with Crippen LogP contribution in [0, 0.1) is 5.41 Å². The first-order valence-corrected chi connectivity index (χ1v) is 6.89. The summed E-state index contributed by atoms with van der Waals surface area (Å²) in [6, 6.07) is 6.24. The van der Waals surface area contributed by atoms with Crippen LogP contribution in [-0.4, -0.2) is 24.7 Å². The SMILES string of the molecule is CC(C)(C)CNCCOc1ccc2c(c1)CN(N)C2. The molecule has 0 radical (unpaired) electrons. The van der Waals surface area contributed by atoms with Crippen molar-refractivity contribution >= 4 is 0 Å². The fraction of sp³-hybridized carbons (Fsp3) is 0.600. The second-order valence-electron chi connectivity index (χ2n) is 6.42. The number of fused-ring (bicyclic) bond motifs is 1. The van der Waals surface area contributed by atoms with E-state index in [0.717, 1.165) is 31.9 Å². The van der Waals surface area contributed by atoms with E-state index in [4.69, 9.17) is 10.6 Å². The molecule has 0 spiro atoms. The zero-order chi connectivity index (χ0) is 13.9. The molecule has 106 valence electrons. The number of rotatable bonds is 5. The average Bonchev–Trinajstić information content (AvgIpc) is 2.66. The maximum Gasteiger partial charge on any atom is 0.119 e. The predicted octanol–water partition coefficient (Wildman–Crippen LogP) is 1.89. The van der Waals surface area contributed by atoms with E-state index in [2.05, 4.69) is 38.2 Å². The Bertz CT molecular complexity index is 426. The van der Waals surface area contributed by atoms with E-state index < -0.39 is 0 Å².